The standard InChI is InChI=1S/C20H20F2N4O/c1-20(2,3)17-12-18(26(25-17)16-7-5-4-6-8-16)24-19(27)23-15-10-13(21)9-14(22)11-15/h4-12H,1-3H3,(H2,23,24,27). The van der Waals surface area contributed by atoms with Crippen LogP contribution in [0.25, 0.3) is 5.69 Å². The summed E-state index contributed by atoms with van der Waals surface area (Å²) in [6.45, 7) is 6.05. The Morgan fingerprint density at radius 1 is 0.963 bits per heavy atom. The number of nitrogens with zero attached hydrogens (tertiary/aromatic N) is 2. The summed E-state index contributed by atoms with van der Waals surface area (Å²) in [5.74, 6) is -1.09. The molecule has 0 unspecified atom stereocenters. The maximum atomic E-state index is 13.3. The van der Waals surface area contributed by atoms with E-state index in [9.17, 15) is 13.6 Å². The highest BCUT2D eigenvalue weighted by Crippen LogP contribution is 2.26. The van der Waals surface area contributed by atoms with Crippen LogP contribution in [0.3, 0.4) is 0 Å². The van der Waals surface area contributed by atoms with Gasteiger partial charge in [-0.15, -0.1) is 0 Å². The number of carbonyl (C=O) groups is 1. The largest absolute Gasteiger partial charge is 0.324 e. The Kier molecular flexibility index (Phi) is 4.94. The van der Waals surface area contributed by atoms with Crippen LogP contribution in [0.2, 0.25) is 0 Å². The maximum absolute atomic E-state index is 13.3. The molecule has 0 aliphatic carbocycles. The summed E-state index contributed by atoms with van der Waals surface area (Å²) in [6, 6.07) is 13.3. The molecule has 2 amide bonds. The number of nitrogens with one attached hydrogen (secondary N) is 2. The van der Waals surface area contributed by atoms with Crippen molar-refractivity contribution < 1.29 is 13.6 Å². The van der Waals surface area contributed by atoms with Gasteiger partial charge in [-0.25, -0.2) is 18.3 Å². The third-order valence-corrected chi connectivity index (χ3v) is 3.84. The van der Waals surface area contributed by atoms with E-state index in [4.69, 9.17) is 0 Å². The minimum atomic E-state index is -0.769. The Balaban J connectivity index is 1.89. The van der Waals surface area contributed by atoms with Crippen molar-refractivity contribution in [1.82, 2.24) is 9.78 Å². The van der Waals surface area contributed by atoms with E-state index in [0.717, 1.165) is 29.6 Å². The summed E-state index contributed by atoms with van der Waals surface area (Å²) in [6.07, 6.45) is 0. The fraction of sp³-hybridized carbons (Fsp3) is 0.200. The molecule has 0 bridgehead atoms. The molecule has 3 rings (SSSR count). The lowest BCUT2D eigenvalue weighted by molar-refractivity contribution is 0.262. The first-order valence-corrected chi connectivity index (χ1v) is 8.42. The molecule has 1 aromatic heterocycles. The van der Waals surface area contributed by atoms with Crippen LogP contribution in [0, 0.1) is 11.6 Å². The number of aromatic nitrogens is 2. The van der Waals surface area contributed by atoms with E-state index < -0.39 is 17.7 Å². The molecular formula is C20H20F2N4O. The summed E-state index contributed by atoms with van der Waals surface area (Å²) in [5, 5.41) is 9.72. The molecule has 140 valence electrons. The quantitative estimate of drug-likeness (QED) is 0.674. The Hall–Kier alpha value is -3.22. The predicted molar refractivity (Wildman–Crippen MR) is 101 cm³/mol. The van der Waals surface area contributed by atoms with Crippen LogP contribution in [-0.4, -0.2) is 15.8 Å². The molecule has 0 spiro atoms. The number of benzene rings is 2. The van der Waals surface area contributed by atoms with Crippen molar-refractivity contribution in [2.45, 2.75) is 26.2 Å². The van der Waals surface area contributed by atoms with E-state index in [2.05, 4.69) is 15.7 Å². The number of rotatable bonds is 3. The van der Waals surface area contributed by atoms with Gasteiger partial charge in [0.15, 0.2) is 0 Å². The van der Waals surface area contributed by atoms with Gasteiger partial charge in [0, 0.05) is 23.2 Å². The zero-order valence-corrected chi connectivity index (χ0v) is 15.3. The molecule has 0 aliphatic heterocycles. The number of hydrogen-bond acceptors (Lipinski definition) is 2. The second kappa shape index (κ2) is 7.19. The minimum absolute atomic E-state index is 0.0202. The van der Waals surface area contributed by atoms with Crippen molar-refractivity contribution in [1.29, 1.82) is 0 Å². The minimum Gasteiger partial charge on any atom is -0.307 e. The summed E-state index contributed by atoms with van der Waals surface area (Å²) in [7, 11) is 0. The number of anilines is 2. The van der Waals surface area contributed by atoms with Crippen molar-refractivity contribution in [3.05, 3.63) is 71.9 Å². The first-order chi connectivity index (χ1) is 12.7. The Labute approximate surface area is 156 Å². The molecule has 2 N–H and O–H groups in total. The molecule has 5 nitrogen and oxygen atoms in total. The van der Waals surface area contributed by atoms with Gasteiger partial charge in [-0.2, -0.15) is 5.10 Å². The molecule has 3 aromatic rings. The van der Waals surface area contributed by atoms with Crippen LogP contribution >= 0.6 is 0 Å². The smallest absolute Gasteiger partial charge is 0.307 e. The van der Waals surface area contributed by atoms with Gasteiger partial charge in [-0.3, -0.25) is 5.32 Å². The van der Waals surface area contributed by atoms with Crippen LogP contribution in [0.4, 0.5) is 25.1 Å². The Morgan fingerprint density at radius 2 is 1.59 bits per heavy atom. The lowest BCUT2D eigenvalue weighted by Crippen LogP contribution is -2.21. The van der Waals surface area contributed by atoms with Gasteiger partial charge in [-0.1, -0.05) is 39.0 Å². The van der Waals surface area contributed by atoms with Crippen LogP contribution in [0.5, 0.6) is 0 Å². The van der Waals surface area contributed by atoms with Crippen LogP contribution in [0.15, 0.2) is 54.6 Å². The average Bonchev–Trinajstić information content (AvgIpc) is 2.98. The average molecular weight is 370 g/mol. The molecular weight excluding hydrogens is 350 g/mol. The van der Waals surface area contributed by atoms with Gasteiger partial charge in [0.1, 0.15) is 17.5 Å². The molecule has 7 heteroatoms. The fourth-order valence-electron chi connectivity index (χ4n) is 2.51. The van der Waals surface area contributed by atoms with Crippen molar-refractivity contribution in [2.75, 3.05) is 10.6 Å². The van der Waals surface area contributed by atoms with Crippen LogP contribution in [0.1, 0.15) is 26.5 Å². The van der Waals surface area contributed by atoms with Crippen molar-refractivity contribution in [3.63, 3.8) is 0 Å². The lowest BCUT2D eigenvalue weighted by atomic mass is 9.92. The normalized spacial score (nSPS) is 11.3. The van der Waals surface area contributed by atoms with Gasteiger partial charge in [-0.05, 0) is 24.3 Å². The maximum Gasteiger partial charge on any atom is 0.324 e. The summed E-state index contributed by atoms with van der Waals surface area (Å²) < 4.78 is 28.2. The third-order valence-electron chi connectivity index (χ3n) is 3.84. The van der Waals surface area contributed by atoms with E-state index >= 15 is 0 Å². The third kappa shape index (κ3) is 4.49. The number of urea groups is 1. The second-order valence-electron chi connectivity index (χ2n) is 7.15. The molecule has 0 radical (unpaired) electrons. The van der Waals surface area contributed by atoms with Gasteiger partial charge in [0.05, 0.1) is 11.4 Å². The van der Waals surface area contributed by atoms with E-state index in [1.165, 1.54) is 0 Å². The molecule has 1 heterocycles. The number of hydrogen-bond donors (Lipinski definition) is 2. The van der Waals surface area contributed by atoms with Crippen molar-refractivity contribution in [2.24, 2.45) is 0 Å². The molecule has 0 fully saturated rings. The zero-order valence-electron chi connectivity index (χ0n) is 15.3. The van der Waals surface area contributed by atoms with Crippen LogP contribution in [-0.2, 0) is 5.41 Å². The molecule has 0 aliphatic rings. The molecule has 27 heavy (non-hydrogen) atoms. The van der Waals surface area contributed by atoms with E-state index in [0.29, 0.717) is 5.82 Å². The highest BCUT2D eigenvalue weighted by Gasteiger charge is 2.21. The number of amides is 2. The van der Waals surface area contributed by atoms with E-state index in [-0.39, 0.29) is 11.1 Å². The first kappa shape index (κ1) is 18.6. The van der Waals surface area contributed by atoms with E-state index in [1.807, 2.05) is 51.1 Å². The van der Waals surface area contributed by atoms with E-state index in [1.54, 1.807) is 10.7 Å². The molecule has 2 aromatic carbocycles. The van der Waals surface area contributed by atoms with Gasteiger partial charge in [0.2, 0.25) is 0 Å². The van der Waals surface area contributed by atoms with Gasteiger partial charge < -0.3 is 5.32 Å². The monoisotopic (exact) mass is 370 g/mol. The summed E-state index contributed by atoms with van der Waals surface area (Å²) >= 11 is 0. The second-order valence-corrected chi connectivity index (χ2v) is 7.15. The molecule has 0 atom stereocenters. The molecule has 0 saturated heterocycles. The topological polar surface area (TPSA) is 59.0 Å². The highest BCUT2D eigenvalue weighted by molar-refractivity contribution is 5.99. The number of para-hydroxylation sites is 1. The van der Waals surface area contributed by atoms with Crippen molar-refractivity contribution in [3.8, 4) is 5.69 Å². The fourth-order valence-corrected chi connectivity index (χ4v) is 2.51. The SMILES string of the molecule is CC(C)(C)c1cc(NC(=O)Nc2cc(F)cc(F)c2)n(-c2ccccc2)n1. The first-order valence-electron chi connectivity index (χ1n) is 8.42. The number of carbonyl (C=O) groups excluding carboxylic acids is 1. The van der Waals surface area contributed by atoms with Crippen LogP contribution < -0.4 is 10.6 Å². The van der Waals surface area contributed by atoms with Gasteiger partial charge in [0.25, 0.3) is 0 Å². The lowest BCUT2D eigenvalue weighted by Gasteiger charge is -2.14. The highest BCUT2D eigenvalue weighted by atomic mass is 19.1. The van der Waals surface area contributed by atoms with Crippen molar-refractivity contribution >= 4 is 17.5 Å². The Morgan fingerprint density at radius 3 is 2.19 bits per heavy atom. The summed E-state index contributed by atoms with van der Waals surface area (Å²) in [5.41, 5.74) is 1.36. The predicted octanol–water partition coefficient (Wildman–Crippen LogP) is 5.09. The summed E-state index contributed by atoms with van der Waals surface area (Å²) in [4.78, 5) is 12.3. The Bertz CT molecular complexity index is 942. The zero-order chi connectivity index (χ0) is 19.6. The molecule has 0 saturated carbocycles. The van der Waals surface area contributed by atoms with Gasteiger partial charge >= 0.3 is 6.03 Å². The number of halogens is 2.